The van der Waals surface area contributed by atoms with Crippen molar-refractivity contribution >= 4 is 5.97 Å². The van der Waals surface area contributed by atoms with Gasteiger partial charge in [0.05, 0.1) is 11.1 Å². The Morgan fingerprint density at radius 1 is 0.914 bits per heavy atom. The molecule has 3 nitrogen and oxygen atoms in total. The summed E-state index contributed by atoms with van der Waals surface area (Å²) in [6.07, 6.45) is 16.5. The Kier molecular flexibility index (Phi) is 10.7. The summed E-state index contributed by atoms with van der Waals surface area (Å²) in [6, 6.07) is 9.79. The molecule has 0 saturated heterocycles. The van der Waals surface area contributed by atoms with Crippen molar-refractivity contribution in [3.8, 4) is 11.8 Å². The smallest absolute Gasteiger partial charge is 0.346 e. The third-order valence-electron chi connectivity index (χ3n) is 7.30. The topological polar surface area (TPSA) is 50.1 Å². The fourth-order valence-corrected chi connectivity index (χ4v) is 5.08. The van der Waals surface area contributed by atoms with Crippen molar-refractivity contribution in [1.29, 1.82) is 5.26 Å². The molecule has 0 unspecified atom stereocenters. The highest BCUT2D eigenvalue weighted by Crippen LogP contribution is 2.34. The predicted molar refractivity (Wildman–Crippen MR) is 134 cm³/mol. The fourth-order valence-electron chi connectivity index (χ4n) is 5.08. The van der Waals surface area contributed by atoms with Crippen LogP contribution in [0.25, 0.3) is 0 Å². The molecule has 1 saturated carbocycles. The number of unbranched alkanes of at least 4 members (excludes halogenated alkanes) is 5. The highest BCUT2D eigenvalue weighted by molar-refractivity contribution is 5.91. The number of halogens is 2. The van der Waals surface area contributed by atoms with Crippen molar-refractivity contribution in [2.75, 3.05) is 0 Å². The number of rotatable bonds is 12. The largest absolute Gasteiger partial charge is 0.423 e. The molecule has 2 aromatic carbocycles. The van der Waals surface area contributed by atoms with Crippen molar-refractivity contribution in [3.05, 3.63) is 64.7 Å². The number of esters is 1. The Morgan fingerprint density at radius 3 is 2.26 bits per heavy atom. The normalized spacial score (nSPS) is 17.7. The minimum atomic E-state index is -0.887. The molecule has 0 aliphatic heterocycles. The molecule has 1 aliphatic carbocycles. The minimum absolute atomic E-state index is 0.0675. The SMILES string of the molecule is CCCCCCCCC1CCC(CCc2ccc(C(=O)Oc3ccc(C#N)c(F)c3)c(F)c2)CC1. The number of benzene rings is 2. The maximum atomic E-state index is 14.6. The van der Waals surface area contributed by atoms with E-state index in [1.807, 2.05) is 0 Å². The summed E-state index contributed by atoms with van der Waals surface area (Å²) in [6.45, 7) is 2.25. The number of nitriles is 1. The number of carbonyl (C=O) groups excluding carboxylic acids is 1. The molecular formula is C30H37F2NO2. The molecule has 0 amide bonds. The van der Waals surface area contributed by atoms with Gasteiger partial charge in [0.1, 0.15) is 23.5 Å². The summed E-state index contributed by atoms with van der Waals surface area (Å²) in [4.78, 5) is 12.3. The predicted octanol–water partition coefficient (Wildman–Crippen LogP) is 8.55. The van der Waals surface area contributed by atoms with Gasteiger partial charge in [0.25, 0.3) is 0 Å². The first kappa shape index (κ1) is 26.9. The number of hydrogen-bond donors (Lipinski definition) is 0. The monoisotopic (exact) mass is 481 g/mol. The van der Waals surface area contributed by atoms with Crippen molar-refractivity contribution in [3.63, 3.8) is 0 Å². The van der Waals surface area contributed by atoms with Gasteiger partial charge in [0.2, 0.25) is 0 Å². The summed E-state index contributed by atoms with van der Waals surface area (Å²) in [5, 5.41) is 8.78. The van der Waals surface area contributed by atoms with E-state index in [0.29, 0.717) is 5.92 Å². The first-order chi connectivity index (χ1) is 17.0. The van der Waals surface area contributed by atoms with Gasteiger partial charge in [-0.05, 0) is 54.5 Å². The Bertz CT molecular complexity index is 1010. The van der Waals surface area contributed by atoms with Crippen LogP contribution in [-0.4, -0.2) is 5.97 Å². The second-order valence-corrected chi connectivity index (χ2v) is 9.94. The van der Waals surface area contributed by atoms with Gasteiger partial charge >= 0.3 is 5.97 Å². The number of aryl methyl sites for hydroxylation is 1. The van der Waals surface area contributed by atoms with Gasteiger partial charge in [-0.15, -0.1) is 0 Å². The summed E-state index contributed by atoms with van der Waals surface area (Å²) in [5.74, 6) is -0.808. The lowest BCUT2D eigenvalue weighted by molar-refractivity contribution is 0.0729. The Balaban J connectivity index is 1.40. The standard InChI is InChI=1S/C30H37F2NO2/c1-2-3-4-5-6-7-8-22-9-11-23(12-10-22)13-14-24-15-18-27(29(32)19-24)30(34)35-26-17-16-25(21-33)28(31)20-26/h15-20,22-23H,2-14H2,1H3. The van der Waals surface area contributed by atoms with E-state index in [1.165, 1.54) is 94.9 Å². The highest BCUT2D eigenvalue weighted by Gasteiger charge is 2.21. The van der Waals surface area contributed by atoms with Crippen molar-refractivity contribution in [2.24, 2.45) is 11.8 Å². The molecule has 3 rings (SSSR count). The molecule has 1 fully saturated rings. The average Bonchev–Trinajstić information content (AvgIpc) is 2.85. The maximum Gasteiger partial charge on any atom is 0.346 e. The second-order valence-electron chi connectivity index (χ2n) is 9.94. The van der Waals surface area contributed by atoms with Crippen LogP contribution in [0.2, 0.25) is 0 Å². The van der Waals surface area contributed by atoms with Crippen LogP contribution in [0.4, 0.5) is 8.78 Å². The number of hydrogen-bond acceptors (Lipinski definition) is 3. The van der Waals surface area contributed by atoms with E-state index in [0.717, 1.165) is 30.4 Å². The summed E-state index contributed by atoms with van der Waals surface area (Å²) in [7, 11) is 0. The lowest BCUT2D eigenvalue weighted by Crippen LogP contribution is -2.15. The lowest BCUT2D eigenvalue weighted by atomic mass is 9.77. The number of nitrogens with zero attached hydrogens (tertiary/aromatic N) is 1. The van der Waals surface area contributed by atoms with Crippen LogP contribution in [0.1, 0.15) is 105 Å². The summed E-state index contributed by atoms with van der Waals surface area (Å²) in [5.41, 5.74) is 0.540. The van der Waals surface area contributed by atoms with Crippen LogP contribution in [0.15, 0.2) is 36.4 Å². The zero-order valence-corrected chi connectivity index (χ0v) is 20.8. The zero-order chi connectivity index (χ0) is 25.0. The van der Waals surface area contributed by atoms with Crippen LogP contribution in [0.3, 0.4) is 0 Å². The zero-order valence-electron chi connectivity index (χ0n) is 20.8. The molecule has 188 valence electrons. The molecule has 0 atom stereocenters. The van der Waals surface area contributed by atoms with Gasteiger partial charge in [-0.2, -0.15) is 5.26 Å². The van der Waals surface area contributed by atoms with E-state index in [1.54, 1.807) is 12.1 Å². The molecule has 0 N–H and O–H groups in total. The minimum Gasteiger partial charge on any atom is -0.423 e. The van der Waals surface area contributed by atoms with Crippen LogP contribution < -0.4 is 4.74 Å². The maximum absolute atomic E-state index is 14.6. The highest BCUT2D eigenvalue weighted by atomic mass is 19.1. The third kappa shape index (κ3) is 8.46. The molecule has 35 heavy (non-hydrogen) atoms. The molecule has 0 heterocycles. The first-order valence-corrected chi connectivity index (χ1v) is 13.2. The van der Waals surface area contributed by atoms with Gasteiger partial charge in [-0.25, -0.2) is 13.6 Å². The summed E-state index contributed by atoms with van der Waals surface area (Å²) >= 11 is 0. The van der Waals surface area contributed by atoms with Crippen LogP contribution in [-0.2, 0) is 6.42 Å². The molecular weight excluding hydrogens is 444 g/mol. The van der Waals surface area contributed by atoms with Gasteiger partial charge in [0, 0.05) is 6.07 Å². The molecule has 5 heteroatoms. The lowest BCUT2D eigenvalue weighted by Gasteiger charge is -2.28. The van der Waals surface area contributed by atoms with E-state index in [9.17, 15) is 13.6 Å². The van der Waals surface area contributed by atoms with Crippen molar-refractivity contribution < 1.29 is 18.3 Å². The van der Waals surface area contributed by atoms with E-state index >= 15 is 0 Å². The van der Waals surface area contributed by atoms with Crippen LogP contribution >= 0.6 is 0 Å². The first-order valence-electron chi connectivity index (χ1n) is 13.2. The van der Waals surface area contributed by atoms with E-state index < -0.39 is 17.6 Å². The second kappa shape index (κ2) is 14.0. The van der Waals surface area contributed by atoms with E-state index in [4.69, 9.17) is 10.00 Å². The van der Waals surface area contributed by atoms with Crippen LogP contribution in [0.5, 0.6) is 5.75 Å². The molecule has 0 bridgehead atoms. The summed E-state index contributed by atoms with van der Waals surface area (Å²) < 4.78 is 33.4. The Hall–Kier alpha value is -2.74. The molecule has 2 aromatic rings. The molecule has 0 spiro atoms. The van der Waals surface area contributed by atoms with Gasteiger partial charge in [-0.3, -0.25) is 0 Å². The average molecular weight is 482 g/mol. The third-order valence-corrected chi connectivity index (χ3v) is 7.30. The van der Waals surface area contributed by atoms with Crippen LogP contribution in [0, 0.1) is 34.8 Å². The molecule has 1 aliphatic rings. The Labute approximate surface area is 208 Å². The van der Waals surface area contributed by atoms with Gasteiger partial charge in [0.15, 0.2) is 0 Å². The number of ether oxygens (including phenoxy) is 1. The molecule has 0 radical (unpaired) electrons. The van der Waals surface area contributed by atoms with Gasteiger partial charge in [-0.1, -0.05) is 83.6 Å². The number of carbonyl (C=O) groups is 1. The quantitative estimate of drug-likeness (QED) is 0.173. The molecule has 0 aromatic heterocycles. The van der Waals surface area contributed by atoms with Crippen molar-refractivity contribution in [1.82, 2.24) is 0 Å². The van der Waals surface area contributed by atoms with E-state index in [2.05, 4.69) is 6.92 Å². The van der Waals surface area contributed by atoms with E-state index in [-0.39, 0.29) is 16.9 Å². The van der Waals surface area contributed by atoms with Gasteiger partial charge < -0.3 is 4.74 Å². The fraction of sp³-hybridized carbons (Fsp3) is 0.533. The Morgan fingerprint density at radius 2 is 1.60 bits per heavy atom. The van der Waals surface area contributed by atoms with Crippen molar-refractivity contribution in [2.45, 2.75) is 90.4 Å².